The average Bonchev–Trinajstić information content (AvgIpc) is 3.49. The van der Waals surface area contributed by atoms with Crippen molar-refractivity contribution in [3.63, 3.8) is 0 Å². The Hall–Kier alpha value is -3.52. The van der Waals surface area contributed by atoms with Crippen LogP contribution in [0.1, 0.15) is 38.8 Å². The number of nitrogens with one attached hydrogen (secondary N) is 1. The Morgan fingerprint density at radius 1 is 1.19 bits per heavy atom. The molecule has 162 valence electrons. The summed E-state index contributed by atoms with van der Waals surface area (Å²) >= 11 is 1.56. The fraction of sp³-hybridized carbons (Fsp3) is 0.208. The normalized spacial score (nSPS) is 17.5. The van der Waals surface area contributed by atoms with Crippen LogP contribution in [0.15, 0.2) is 65.1 Å². The number of rotatable bonds is 5. The Morgan fingerprint density at radius 2 is 2.03 bits per heavy atom. The van der Waals surface area contributed by atoms with Gasteiger partial charge in [-0.05, 0) is 47.7 Å². The van der Waals surface area contributed by atoms with Crippen LogP contribution in [0.2, 0.25) is 0 Å². The monoisotopic (exact) mass is 449 g/mol. The third-order valence-corrected chi connectivity index (χ3v) is 6.53. The summed E-state index contributed by atoms with van der Waals surface area (Å²) in [7, 11) is 0. The van der Waals surface area contributed by atoms with Crippen LogP contribution in [0.25, 0.3) is 0 Å². The molecule has 8 heteroatoms. The molecule has 2 aliphatic rings. The highest BCUT2D eigenvalue weighted by Gasteiger charge is 2.34. The van der Waals surface area contributed by atoms with Crippen LogP contribution in [-0.4, -0.2) is 35.7 Å². The molecular formula is C24H20FN3O3S. The third-order valence-electron chi connectivity index (χ3n) is 5.62. The van der Waals surface area contributed by atoms with E-state index < -0.39 is 0 Å². The molecule has 32 heavy (non-hydrogen) atoms. The number of hydrogen-bond acceptors (Lipinski definition) is 5. The van der Waals surface area contributed by atoms with Crippen LogP contribution < -0.4 is 10.1 Å². The molecule has 6 nitrogen and oxygen atoms in total. The van der Waals surface area contributed by atoms with Gasteiger partial charge in [0.05, 0.1) is 16.6 Å². The first-order chi connectivity index (χ1) is 15.6. The maximum atomic E-state index is 13.4. The molecule has 1 unspecified atom stereocenters. The molecule has 3 aromatic rings. The number of ether oxygens (including phenoxy) is 1. The van der Waals surface area contributed by atoms with Crippen molar-refractivity contribution in [2.75, 3.05) is 13.2 Å². The summed E-state index contributed by atoms with van der Waals surface area (Å²) in [5.41, 5.74) is 3.01. The molecule has 2 aromatic carbocycles. The van der Waals surface area contributed by atoms with Gasteiger partial charge in [-0.2, -0.15) is 5.10 Å². The fourth-order valence-corrected chi connectivity index (χ4v) is 4.77. The van der Waals surface area contributed by atoms with Gasteiger partial charge < -0.3 is 10.1 Å². The van der Waals surface area contributed by atoms with Crippen molar-refractivity contribution in [2.24, 2.45) is 5.10 Å². The molecule has 0 saturated heterocycles. The first-order valence-corrected chi connectivity index (χ1v) is 11.2. The molecule has 0 aliphatic carbocycles. The minimum Gasteiger partial charge on any atom is -0.483 e. The summed E-state index contributed by atoms with van der Waals surface area (Å²) in [5.74, 6) is -0.233. The Labute approximate surface area is 188 Å². The molecule has 0 fully saturated rings. The summed E-state index contributed by atoms with van der Waals surface area (Å²) in [4.78, 5) is 26.2. The van der Waals surface area contributed by atoms with Crippen LogP contribution in [0.5, 0.6) is 5.75 Å². The Kier molecular flexibility index (Phi) is 5.45. The molecule has 1 atom stereocenters. The first kappa shape index (κ1) is 20.4. The van der Waals surface area contributed by atoms with E-state index in [1.807, 2.05) is 17.5 Å². The lowest BCUT2D eigenvalue weighted by Crippen LogP contribution is -2.33. The van der Waals surface area contributed by atoms with E-state index in [-0.39, 0.29) is 30.3 Å². The Bertz CT molecular complexity index is 1190. The molecule has 0 saturated carbocycles. The van der Waals surface area contributed by atoms with Crippen molar-refractivity contribution in [3.05, 3.63) is 87.4 Å². The number of hydrazone groups is 1. The largest absolute Gasteiger partial charge is 0.483 e. The van der Waals surface area contributed by atoms with Gasteiger partial charge in [0.1, 0.15) is 11.6 Å². The number of carbonyl (C=O) groups is 2. The van der Waals surface area contributed by atoms with Crippen molar-refractivity contribution >= 4 is 28.9 Å². The van der Waals surface area contributed by atoms with Crippen molar-refractivity contribution in [1.82, 2.24) is 10.3 Å². The predicted octanol–water partition coefficient (Wildman–Crippen LogP) is 3.93. The van der Waals surface area contributed by atoms with E-state index in [2.05, 4.69) is 10.4 Å². The highest BCUT2D eigenvalue weighted by Crippen LogP contribution is 2.34. The first-order valence-electron chi connectivity index (χ1n) is 10.3. The minimum absolute atomic E-state index is 0.135. The standard InChI is InChI=1S/C24H20FN3O3S/c25-16-8-6-15(7-9-16)20-13-19(22-5-2-12-32-22)27-28(20)23(29)14-31-21-4-1-3-18-17(21)10-11-26-24(18)30/h1-9,12,20H,10-11,13-14H2,(H,26,30). The Balaban J connectivity index is 1.38. The number of carbonyl (C=O) groups excluding carboxylic acids is 2. The molecule has 3 heterocycles. The molecule has 0 radical (unpaired) electrons. The lowest BCUT2D eigenvalue weighted by atomic mass is 9.99. The molecule has 0 spiro atoms. The lowest BCUT2D eigenvalue weighted by Gasteiger charge is -2.23. The second kappa shape index (κ2) is 8.55. The number of nitrogens with zero attached hydrogens (tertiary/aromatic N) is 2. The van der Waals surface area contributed by atoms with Crippen molar-refractivity contribution in [2.45, 2.75) is 18.9 Å². The number of halogens is 1. The van der Waals surface area contributed by atoms with Crippen LogP contribution in [0.3, 0.4) is 0 Å². The average molecular weight is 450 g/mol. The zero-order valence-corrected chi connectivity index (χ0v) is 17.9. The third kappa shape index (κ3) is 3.89. The van der Waals surface area contributed by atoms with Gasteiger partial charge in [0.25, 0.3) is 11.8 Å². The van der Waals surface area contributed by atoms with E-state index in [1.165, 1.54) is 17.1 Å². The zero-order chi connectivity index (χ0) is 22.1. The van der Waals surface area contributed by atoms with Crippen LogP contribution in [0.4, 0.5) is 4.39 Å². The van der Waals surface area contributed by atoms with Gasteiger partial charge >= 0.3 is 0 Å². The number of thiophene rings is 1. The summed E-state index contributed by atoms with van der Waals surface area (Å²) in [5, 5.41) is 10.8. The molecule has 5 rings (SSSR count). The molecular weight excluding hydrogens is 429 g/mol. The van der Waals surface area contributed by atoms with Gasteiger partial charge in [0.15, 0.2) is 6.61 Å². The van der Waals surface area contributed by atoms with Gasteiger partial charge in [-0.15, -0.1) is 11.3 Å². The maximum Gasteiger partial charge on any atom is 0.281 e. The Morgan fingerprint density at radius 3 is 2.81 bits per heavy atom. The second-order valence-electron chi connectivity index (χ2n) is 7.61. The van der Waals surface area contributed by atoms with E-state index in [1.54, 1.807) is 41.7 Å². The molecule has 1 N–H and O–H groups in total. The molecule has 0 bridgehead atoms. The van der Waals surface area contributed by atoms with Gasteiger partial charge in [-0.3, -0.25) is 9.59 Å². The molecule has 1 aromatic heterocycles. The van der Waals surface area contributed by atoms with Gasteiger partial charge in [-0.25, -0.2) is 9.40 Å². The molecule has 2 aliphatic heterocycles. The van der Waals surface area contributed by atoms with Crippen molar-refractivity contribution in [1.29, 1.82) is 0 Å². The fourth-order valence-electron chi connectivity index (χ4n) is 4.05. The van der Waals surface area contributed by atoms with Crippen LogP contribution in [0, 0.1) is 5.82 Å². The summed E-state index contributed by atoms with van der Waals surface area (Å²) in [6, 6.07) is 15.0. The van der Waals surface area contributed by atoms with Crippen molar-refractivity contribution < 1.29 is 18.7 Å². The SMILES string of the molecule is O=C1NCCc2c(OCC(=O)N3N=C(c4cccs4)CC3c3ccc(F)cc3)cccc21. The van der Waals surface area contributed by atoms with Crippen LogP contribution >= 0.6 is 11.3 Å². The highest BCUT2D eigenvalue weighted by molar-refractivity contribution is 7.12. The van der Waals surface area contributed by atoms with Gasteiger partial charge in [-0.1, -0.05) is 24.3 Å². The number of hydrogen-bond donors (Lipinski definition) is 1. The molecule has 2 amide bonds. The summed E-state index contributed by atoms with van der Waals surface area (Å²) in [6.07, 6.45) is 1.19. The van der Waals surface area contributed by atoms with Crippen LogP contribution in [-0.2, 0) is 11.2 Å². The lowest BCUT2D eigenvalue weighted by molar-refractivity contribution is -0.135. The van der Waals surface area contributed by atoms with E-state index in [0.29, 0.717) is 30.7 Å². The number of benzene rings is 2. The predicted molar refractivity (Wildman–Crippen MR) is 119 cm³/mol. The summed E-state index contributed by atoms with van der Waals surface area (Å²) < 4.78 is 19.3. The number of fused-ring (bicyclic) bond motifs is 1. The highest BCUT2D eigenvalue weighted by atomic mass is 32.1. The quantitative estimate of drug-likeness (QED) is 0.642. The van der Waals surface area contributed by atoms with E-state index in [0.717, 1.165) is 21.7 Å². The topological polar surface area (TPSA) is 71.0 Å². The minimum atomic E-state index is -0.334. The van der Waals surface area contributed by atoms with Gasteiger partial charge in [0, 0.05) is 24.1 Å². The van der Waals surface area contributed by atoms with E-state index in [9.17, 15) is 14.0 Å². The maximum absolute atomic E-state index is 13.4. The van der Waals surface area contributed by atoms with E-state index in [4.69, 9.17) is 4.74 Å². The smallest absolute Gasteiger partial charge is 0.281 e. The zero-order valence-electron chi connectivity index (χ0n) is 17.1. The second-order valence-corrected chi connectivity index (χ2v) is 8.56. The summed E-state index contributed by atoms with van der Waals surface area (Å²) in [6.45, 7) is 0.324. The van der Waals surface area contributed by atoms with E-state index >= 15 is 0 Å². The number of amides is 2. The van der Waals surface area contributed by atoms with Gasteiger partial charge in [0.2, 0.25) is 0 Å². The van der Waals surface area contributed by atoms with Crippen molar-refractivity contribution in [3.8, 4) is 5.75 Å².